The number of carbonyl (C=O) groups is 1. The maximum absolute atomic E-state index is 12.9. The minimum Gasteiger partial charge on any atom is -0.340 e. The van der Waals surface area contributed by atoms with Gasteiger partial charge in [0, 0.05) is 29.7 Å². The molecule has 1 fully saturated rings. The zero-order chi connectivity index (χ0) is 19.0. The molecule has 0 radical (unpaired) electrons. The standard InChI is InChI=1S/C21H22N2O3S/c1-22(18-11-12-27(25,26)15-18)21(24)14-23-19-10-6-5-9-17(19)13-20(23)16-7-3-2-4-8-16/h2-10,13,18H,11-12,14-15H2,1H3. The highest BCUT2D eigenvalue weighted by Crippen LogP contribution is 2.28. The first-order valence-corrected chi connectivity index (χ1v) is 10.9. The third-order valence-electron chi connectivity index (χ3n) is 5.32. The molecule has 1 amide bonds. The Kier molecular flexibility index (Phi) is 4.52. The fourth-order valence-electron chi connectivity index (χ4n) is 3.76. The molecule has 5 nitrogen and oxygen atoms in total. The smallest absolute Gasteiger partial charge is 0.242 e. The molecule has 1 aromatic heterocycles. The summed E-state index contributed by atoms with van der Waals surface area (Å²) in [7, 11) is -1.31. The summed E-state index contributed by atoms with van der Waals surface area (Å²) >= 11 is 0. The van der Waals surface area contributed by atoms with Crippen LogP contribution in [0.1, 0.15) is 6.42 Å². The Morgan fingerprint density at radius 2 is 1.81 bits per heavy atom. The van der Waals surface area contributed by atoms with Crippen LogP contribution in [-0.2, 0) is 21.2 Å². The van der Waals surface area contributed by atoms with E-state index in [1.807, 2.05) is 59.2 Å². The van der Waals surface area contributed by atoms with Gasteiger partial charge in [0.25, 0.3) is 0 Å². The molecule has 4 rings (SSSR count). The van der Waals surface area contributed by atoms with Crippen LogP contribution in [0.3, 0.4) is 0 Å². The fourth-order valence-corrected chi connectivity index (χ4v) is 5.53. The summed E-state index contributed by atoms with van der Waals surface area (Å²) in [5, 5.41) is 1.08. The molecule has 1 aliphatic rings. The van der Waals surface area contributed by atoms with Gasteiger partial charge in [-0.05, 0) is 24.1 Å². The van der Waals surface area contributed by atoms with Gasteiger partial charge in [0.2, 0.25) is 5.91 Å². The van der Waals surface area contributed by atoms with Crippen LogP contribution in [-0.4, -0.2) is 48.4 Å². The molecule has 3 aromatic rings. The minimum atomic E-state index is -3.02. The van der Waals surface area contributed by atoms with Crippen molar-refractivity contribution in [3.05, 3.63) is 60.7 Å². The molecular weight excluding hydrogens is 360 g/mol. The second kappa shape index (κ2) is 6.85. The molecule has 0 aliphatic carbocycles. The predicted octanol–water partition coefficient (Wildman–Crippen LogP) is 2.95. The van der Waals surface area contributed by atoms with Crippen molar-refractivity contribution in [2.24, 2.45) is 0 Å². The van der Waals surface area contributed by atoms with E-state index < -0.39 is 9.84 Å². The molecule has 1 saturated heterocycles. The molecule has 6 heteroatoms. The van der Waals surface area contributed by atoms with Gasteiger partial charge < -0.3 is 9.47 Å². The van der Waals surface area contributed by atoms with Crippen molar-refractivity contribution >= 4 is 26.6 Å². The first-order chi connectivity index (χ1) is 12.9. The zero-order valence-electron chi connectivity index (χ0n) is 15.2. The van der Waals surface area contributed by atoms with Crippen LogP contribution in [0.2, 0.25) is 0 Å². The topological polar surface area (TPSA) is 59.4 Å². The number of amides is 1. The summed E-state index contributed by atoms with van der Waals surface area (Å²) in [4.78, 5) is 14.6. The summed E-state index contributed by atoms with van der Waals surface area (Å²) in [6.45, 7) is 0.185. The third kappa shape index (κ3) is 3.49. The van der Waals surface area contributed by atoms with Crippen molar-refractivity contribution in [3.63, 3.8) is 0 Å². The van der Waals surface area contributed by atoms with Crippen LogP contribution in [0.25, 0.3) is 22.2 Å². The summed E-state index contributed by atoms with van der Waals surface area (Å²) < 4.78 is 25.5. The van der Waals surface area contributed by atoms with E-state index in [-0.39, 0.29) is 30.0 Å². The molecule has 0 saturated carbocycles. The van der Waals surface area contributed by atoms with Gasteiger partial charge in [-0.2, -0.15) is 0 Å². The quantitative estimate of drug-likeness (QED) is 0.697. The summed E-state index contributed by atoms with van der Waals surface area (Å²) in [6, 6.07) is 19.8. The number of benzene rings is 2. The van der Waals surface area contributed by atoms with E-state index in [0.717, 1.165) is 22.2 Å². The molecule has 1 aliphatic heterocycles. The fraction of sp³-hybridized carbons (Fsp3) is 0.286. The molecule has 27 heavy (non-hydrogen) atoms. The first kappa shape index (κ1) is 17.8. The van der Waals surface area contributed by atoms with Crippen molar-refractivity contribution in [1.29, 1.82) is 0 Å². The Bertz CT molecular complexity index is 1090. The number of para-hydroxylation sites is 1. The van der Waals surface area contributed by atoms with Crippen LogP contribution in [0.15, 0.2) is 60.7 Å². The van der Waals surface area contributed by atoms with Crippen molar-refractivity contribution < 1.29 is 13.2 Å². The number of nitrogens with zero attached hydrogens (tertiary/aromatic N) is 2. The highest BCUT2D eigenvalue weighted by molar-refractivity contribution is 7.91. The van der Waals surface area contributed by atoms with E-state index >= 15 is 0 Å². The molecule has 0 spiro atoms. The van der Waals surface area contributed by atoms with Crippen LogP contribution >= 0.6 is 0 Å². The van der Waals surface area contributed by atoms with E-state index in [1.54, 1.807) is 11.9 Å². The van der Waals surface area contributed by atoms with Crippen LogP contribution in [0, 0.1) is 0 Å². The van der Waals surface area contributed by atoms with Crippen molar-refractivity contribution in [3.8, 4) is 11.3 Å². The van der Waals surface area contributed by atoms with E-state index in [4.69, 9.17) is 0 Å². The summed E-state index contributed by atoms with van der Waals surface area (Å²) in [6.07, 6.45) is 0.516. The lowest BCUT2D eigenvalue weighted by molar-refractivity contribution is -0.132. The van der Waals surface area contributed by atoms with Gasteiger partial charge >= 0.3 is 0 Å². The Labute approximate surface area is 159 Å². The summed E-state index contributed by atoms with van der Waals surface area (Å²) in [5.41, 5.74) is 3.03. The lowest BCUT2D eigenvalue weighted by Gasteiger charge is -2.24. The average molecular weight is 382 g/mol. The van der Waals surface area contributed by atoms with Gasteiger partial charge in [-0.15, -0.1) is 0 Å². The number of aromatic nitrogens is 1. The molecule has 2 heterocycles. The van der Waals surface area contributed by atoms with Crippen molar-refractivity contribution in [2.45, 2.75) is 19.0 Å². The normalized spacial score (nSPS) is 18.6. The van der Waals surface area contributed by atoms with Crippen LogP contribution in [0.4, 0.5) is 0 Å². The molecule has 2 aromatic carbocycles. The average Bonchev–Trinajstić information content (AvgIpc) is 3.22. The number of hydrogen-bond donors (Lipinski definition) is 0. The number of rotatable bonds is 4. The lowest BCUT2D eigenvalue weighted by atomic mass is 10.1. The van der Waals surface area contributed by atoms with Crippen molar-refractivity contribution in [1.82, 2.24) is 9.47 Å². The number of hydrogen-bond acceptors (Lipinski definition) is 3. The second-order valence-corrected chi connectivity index (χ2v) is 9.33. The molecule has 140 valence electrons. The Morgan fingerprint density at radius 3 is 2.52 bits per heavy atom. The van der Waals surface area contributed by atoms with E-state index in [0.29, 0.717) is 6.42 Å². The molecule has 1 unspecified atom stereocenters. The van der Waals surface area contributed by atoms with E-state index in [1.165, 1.54) is 0 Å². The maximum Gasteiger partial charge on any atom is 0.242 e. The van der Waals surface area contributed by atoms with Gasteiger partial charge in [0.1, 0.15) is 6.54 Å². The maximum atomic E-state index is 12.9. The SMILES string of the molecule is CN(C(=O)Cn1c(-c2ccccc2)cc2ccccc21)C1CCS(=O)(=O)C1. The number of sulfone groups is 1. The second-order valence-electron chi connectivity index (χ2n) is 7.10. The third-order valence-corrected chi connectivity index (χ3v) is 7.07. The number of fused-ring (bicyclic) bond motifs is 1. The van der Waals surface area contributed by atoms with Gasteiger partial charge in [-0.25, -0.2) is 8.42 Å². The first-order valence-electron chi connectivity index (χ1n) is 9.04. The van der Waals surface area contributed by atoms with Gasteiger partial charge in [-0.3, -0.25) is 4.79 Å². The van der Waals surface area contributed by atoms with Gasteiger partial charge in [0.05, 0.1) is 11.5 Å². The monoisotopic (exact) mass is 382 g/mol. The van der Waals surface area contributed by atoms with Gasteiger partial charge in [-0.1, -0.05) is 48.5 Å². The van der Waals surface area contributed by atoms with Crippen LogP contribution in [0.5, 0.6) is 0 Å². The minimum absolute atomic E-state index is 0.0627. The number of carbonyl (C=O) groups excluding carboxylic acids is 1. The zero-order valence-corrected chi connectivity index (χ0v) is 16.0. The lowest BCUT2D eigenvalue weighted by Crippen LogP contribution is -2.39. The van der Waals surface area contributed by atoms with Crippen molar-refractivity contribution in [2.75, 3.05) is 18.6 Å². The predicted molar refractivity (Wildman–Crippen MR) is 107 cm³/mol. The Balaban J connectivity index is 1.68. The molecular formula is C21H22N2O3S. The van der Waals surface area contributed by atoms with E-state index in [9.17, 15) is 13.2 Å². The molecule has 1 atom stereocenters. The molecule has 0 bridgehead atoms. The summed E-state index contributed by atoms with van der Waals surface area (Å²) in [5.74, 6) is 0.153. The molecule has 0 N–H and O–H groups in total. The van der Waals surface area contributed by atoms with Crippen LogP contribution < -0.4 is 0 Å². The highest BCUT2D eigenvalue weighted by Gasteiger charge is 2.32. The Hall–Kier alpha value is -2.60. The number of likely N-dealkylation sites (N-methyl/N-ethyl adjacent to an activating group) is 1. The van der Waals surface area contributed by atoms with E-state index in [2.05, 4.69) is 6.07 Å². The Morgan fingerprint density at radius 1 is 1.11 bits per heavy atom. The van der Waals surface area contributed by atoms with Gasteiger partial charge in [0.15, 0.2) is 9.84 Å². The largest absolute Gasteiger partial charge is 0.340 e. The highest BCUT2D eigenvalue weighted by atomic mass is 32.2.